The SMILES string of the molecule is Cc1ccc(S(=O)(=O)N[C@@H](C2C=CC=C2I)[C@H](O)C2C=CC=C2)cc1. The van der Waals surface area contributed by atoms with Crippen LogP contribution in [0.15, 0.2) is 75.3 Å². The zero-order valence-electron chi connectivity index (χ0n) is 13.7. The fourth-order valence-corrected chi connectivity index (χ4v) is 5.08. The number of allylic oxidation sites excluding steroid dienone is 4. The molecule has 4 nitrogen and oxygen atoms in total. The Morgan fingerprint density at radius 3 is 2.28 bits per heavy atom. The Kier molecular flexibility index (Phi) is 5.62. The van der Waals surface area contributed by atoms with Gasteiger partial charge >= 0.3 is 0 Å². The van der Waals surface area contributed by atoms with Gasteiger partial charge in [0.1, 0.15) is 0 Å². The van der Waals surface area contributed by atoms with Crippen LogP contribution in [-0.2, 0) is 10.0 Å². The van der Waals surface area contributed by atoms with Crippen LogP contribution in [0, 0.1) is 18.8 Å². The van der Waals surface area contributed by atoms with E-state index in [1.54, 1.807) is 24.3 Å². The number of rotatable bonds is 6. The third-order valence-electron chi connectivity index (χ3n) is 4.44. The van der Waals surface area contributed by atoms with Crippen LogP contribution in [0.4, 0.5) is 0 Å². The van der Waals surface area contributed by atoms with Crippen molar-refractivity contribution in [1.29, 1.82) is 0 Å². The van der Waals surface area contributed by atoms with Crippen LogP contribution < -0.4 is 4.72 Å². The number of hydrogen-bond donors (Lipinski definition) is 2. The first-order valence-corrected chi connectivity index (χ1v) is 10.6. The summed E-state index contributed by atoms with van der Waals surface area (Å²) in [4.78, 5) is 0.203. The van der Waals surface area contributed by atoms with Crippen LogP contribution in [-0.4, -0.2) is 25.7 Å². The van der Waals surface area contributed by atoms with Crippen molar-refractivity contribution in [2.24, 2.45) is 11.8 Å². The first-order valence-electron chi connectivity index (χ1n) is 8.04. The van der Waals surface area contributed by atoms with Crippen LogP contribution in [0.3, 0.4) is 0 Å². The maximum absolute atomic E-state index is 12.8. The first-order chi connectivity index (χ1) is 11.9. The van der Waals surface area contributed by atoms with Crippen LogP contribution in [0.2, 0.25) is 0 Å². The number of aliphatic hydroxyl groups is 1. The van der Waals surface area contributed by atoms with Crippen LogP contribution in [0.25, 0.3) is 0 Å². The van der Waals surface area contributed by atoms with E-state index in [0.29, 0.717) is 0 Å². The molecule has 0 saturated heterocycles. The predicted octanol–water partition coefficient (Wildman–Crippen LogP) is 3.25. The summed E-state index contributed by atoms with van der Waals surface area (Å²) in [6.07, 6.45) is 12.4. The third kappa shape index (κ3) is 4.13. The third-order valence-corrected chi connectivity index (χ3v) is 7.00. The summed E-state index contributed by atoms with van der Waals surface area (Å²) in [6, 6.07) is 6.05. The molecular formula is C19H20INO3S. The van der Waals surface area contributed by atoms with Gasteiger partial charge in [0.25, 0.3) is 0 Å². The molecule has 0 aromatic heterocycles. The van der Waals surface area contributed by atoms with Crippen molar-refractivity contribution in [3.8, 4) is 0 Å². The van der Waals surface area contributed by atoms with E-state index in [1.807, 2.05) is 49.5 Å². The molecular weight excluding hydrogens is 449 g/mol. The van der Waals surface area contributed by atoms with Gasteiger partial charge in [0, 0.05) is 11.8 Å². The Hall–Kier alpha value is -1.22. The largest absolute Gasteiger partial charge is 0.390 e. The molecule has 1 aromatic rings. The van der Waals surface area contributed by atoms with Crippen LogP contribution in [0.5, 0.6) is 0 Å². The number of hydrogen-bond acceptors (Lipinski definition) is 3. The molecule has 132 valence electrons. The van der Waals surface area contributed by atoms with E-state index in [9.17, 15) is 13.5 Å². The Morgan fingerprint density at radius 2 is 1.72 bits per heavy atom. The van der Waals surface area contributed by atoms with Crippen molar-refractivity contribution in [1.82, 2.24) is 4.72 Å². The second-order valence-corrected chi connectivity index (χ2v) is 9.22. The van der Waals surface area contributed by atoms with E-state index in [1.165, 1.54) is 0 Å². The molecule has 0 radical (unpaired) electrons. The molecule has 0 bridgehead atoms. The Morgan fingerprint density at radius 1 is 1.08 bits per heavy atom. The molecule has 1 aromatic carbocycles. The Balaban J connectivity index is 1.90. The molecule has 0 heterocycles. The molecule has 25 heavy (non-hydrogen) atoms. The number of aliphatic hydroxyl groups excluding tert-OH is 1. The van der Waals surface area contributed by atoms with Crippen molar-refractivity contribution < 1.29 is 13.5 Å². The second-order valence-electron chi connectivity index (χ2n) is 6.26. The average Bonchev–Trinajstić information content (AvgIpc) is 3.24. The summed E-state index contributed by atoms with van der Waals surface area (Å²) in [5.41, 5.74) is 0.993. The van der Waals surface area contributed by atoms with Crippen LogP contribution >= 0.6 is 22.6 Å². The fourth-order valence-electron chi connectivity index (χ4n) is 3.00. The maximum Gasteiger partial charge on any atom is 0.240 e. The van der Waals surface area contributed by atoms with Crippen molar-refractivity contribution >= 4 is 32.6 Å². The number of aryl methyl sites for hydroxylation is 1. The molecule has 0 fully saturated rings. The van der Waals surface area contributed by atoms with Crippen molar-refractivity contribution in [2.45, 2.75) is 24.0 Å². The van der Waals surface area contributed by atoms with E-state index in [-0.39, 0.29) is 16.7 Å². The van der Waals surface area contributed by atoms with Gasteiger partial charge in [-0.15, -0.1) is 0 Å². The normalized spacial score (nSPS) is 22.4. The van der Waals surface area contributed by atoms with Gasteiger partial charge in [-0.05, 0) is 45.2 Å². The monoisotopic (exact) mass is 469 g/mol. The highest BCUT2D eigenvalue weighted by Gasteiger charge is 2.36. The minimum absolute atomic E-state index is 0.182. The minimum atomic E-state index is -3.73. The van der Waals surface area contributed by atoms with Gasteiger partial charge in [-0.25, -0.2) is 13.1 Å². The maximum atomic E-state index is 12.8. The standard InChI is InChI=1S/C19H20INO3S/c1-13-9-11-15(12-10-13)25(23,24)21-18(16-7-4-8-17(16)20)19(22)14-5-2-3-6-14/h2-12,14,16,18-19,21-22H,1H3/t16?,18-,19+/m0/s1. The van der Waals surface area contributed by atoms with E-state index in [4.69, 9.17) is 0 Å². The topological polar surface area (TPSA) is 66.4 Å². The summed E-state index contributed by atoms with van der Waals surface area (Å²) in [6.45, 7) is 1.91. The highest BCUT2D eigenvalue weighted by atomic mass is 127. The van der Waals surface area contributed by atoms with Crippen molar-refractivity contribution in [3.05, 3.63) is 75.9 Å². The zero-order valence-corrected chi connectivity index (χ0v) is 16.7. The highest BCUT2D eigenvalue weighted by Crippen LogP contribution is 2.33. The van der Waals surface area contributed by atoms with E-state index in [2.05, 4.69) is 27.3 Å². The lowest BCUT2D eigenvalue weighted by atomic mass is 9.89. The summed E-state index contributed by atoms with van der Waals surface area (Å²) in [5, 5.41) is 10.8. The van der Waals surface area contributed by atoms with Crippen LogP contribution in [0.1, 0.15) is 5.56 Å². The second kappa shape index (κ2) is 7.57. The van der Waals surface area contributed by atoms with E-state index < -0.39 is 22.2 Å². The number of sulfonamides is 1. The lowest BCUT2D eigenvalue weighted by Crippen LogP contribution is -2.49. The smallest absolute Gasteiger partial charge is 0.240 e. The predicted molar refractivity (Wildman–Crippen MR) is 108 cm³/mol. The molecule has 1 unspecified atom stereocenters. The van der Waals surface area contributed by atoms with Gasteiger partial charge in [0.05, 0.1) is 17.0 Å². The molecule has 0 aliphatic heterocycles. The highest BCUT2D eigenvalue weighted by molar-refractivity contribution is 14.1. The van der Waals surface area contributed by atoms with Gasteiger partial charge < -0.3 is 5.11 Å². The molecule has 3 rings (SSSR count). The number of benzene rings is 1. The van der Waals surface area contributed by atoms with E-state index in [0.717, 1.165) is 9.14 Å². The van der Waals surface area contributed by atoms with Gasteiger partial charge in [-0.2, -0.15) is 0 Å². The Bertz CT molecular complexity index is 841. The van der Waals surface area contributed by atoms with Gasteiger partial charge in [0.2, 0.25) is 10.0 Å². The quantitative estimate of drug-likeness (QED) is 0.629. The molecule has 2 aliphatic rings. The number of halogens is 1. The molecule has 2 N–H and O–H groups in total. The molecule has 3 atom stereocenters. The molecule has 0 spiro atoms. The summed E-state index contributed by atoms with van der Waals surface area (Å²) in [7, 11) is -3.73. The number of nitrogens with one attached hydrogen (secondary N) is 1. The summed E-state index contributed by atoms with van der Waals surface area (Å²) >= 11 is 2.19. The van der Waals surface area contributed by atoms with Crippen molar-refractivity contribution in [2.75, 3.05) is 0 Å². The minimum Gasteiger partial charge on any atom is -0.390 e. The molecule has 6 heteroatoms. The zero-order chi connectivity index (χ0) is 18.0. The lowest BCUT2D eigenvalue weighted by Gasteiger charge is -2.31. The summed E-state index contributed by atoms with van der Waals surface area (Å²) < 4.78 is 29.4. The van der Waals surface area contributed by atoms with Gasteiger partial charge in [-0.1, -0.05) is 60.2 Å². The van der Waals surface area contributed by atoms with Gasteiger partial charge in [-0.3, -0.25) is 0 Å². The lowest BCUT2D eigenvalue weighted by molar-refractivity contribution is 0.104. The van der Waals surface area contributed by atoms with E-state index >= 15 is 0 Å². The Labute approximate surface area is 162 Å². The fraction of sp³-hybridized carbons (Fsp3) is 0.263. The first kappa shape index (κ1) is 18.6. The van der Waals surface area contributed by atoms with Gasteiger partial charge in [0.15, 0.2) is 0 Å². The molecule has 2 aliphatic carbocycles. The summed E-state index contributed by atoms with van der Waals surface area (Å²) in [5.74, 6) is -0.387. The average molecular weight is 469 g/mol. The molecule has 0 saturated carbocycles. The molecule has 0 amide bonds. The van der Waals surface area contributed by atoms with Crippen molar-refractivity contribution in [3.63, 3.8) is 0 Å².